The van der Waals surface area contributed by atoms with E-state index in [1.165, 1.54) is 11.8 Å². The zero-order chi connectivity index (χ0) is 13.0. The Labute approximate surface area is 114 Å². The van der Waals surface area contributed by atoms with Crippen molar-refractivity contribution in [2.75, 3.05) is 11.6 Å². The lowest BCUT2D eigenvalue weighted by Gasteiger charge is -2.06. The SMILES string of the molecule is CSc1nc(Cl)cc(NCc2ccnc(C)n2)n1. The van der Waals surface area contributed by atoms with Crippen LogP contribution in [0.5, 0.6) is 0 Å². The first-order chi connectivity index (χ1) is 8.67. The minimum atomic E-state index is 0.427. The quantitative estimate of drug-likeness (QED) is 0.528. The molecule has 0 amide bonds. The molecule has 0 aliphatic rings. The minimum Gasteiger partial charge on any atom is -0.364 e. The number of aryl methyl sites for hydroxylation is 1. The average molecular weight is 282 g/mol. The van der Waals surface area contributed by atoms with Gasteiger partial charge in [-0.2, -0.15) is 0 Å². The number of nitrogens with one attached hydrogen (secondary N) is 1. The summed E-state index contributed by atoms with van der Waals surface area (Å²) < 4.78 is 0. The summed E-state index contributed by atoms with van der Waals surface area (Å²) in [4.78, 5) is 16.7. The number of anilines is 1. The molecule has 0 spiro atoms. The highest BCUT2D eigenvalue weighted by Crippen LogP contribution is 2.17. The zero-order valence-corrected chi connectivity index (χ0v) is 11.6. The van der Waals surface area contributed by atoms with Crippen molar-refractivity contribution < 1.29 is 0 Å². The number of thioether (sulfide) groups is 1. The van der Waals surface area contributed by atoms with E-state index < -0.39 is 0 Å². The topological polar surface area (TPSA) is 63.6 Å². The summed E-state index contributed by atoms with van der Waals surface area (Å²) >= 11 is 7.35. The van der Waals surface area contributed by atoms with Gasteiger partial charge in [-0.15, -0.1) is 0 Å². The second-order valence-corrected chi connectivity index (χ2v) is 4.67. The average Bonchev–Trinajstić information content (AvgIpc) is 2.36. The Hall–Kier alpha value is -1.40. The molecule has 0 saturated heterocycles. The summed E-state index contributed by atoms with van der Waals surface area (Å²) in [7, 11) is 0. The highest BCUT2D eigenvalue weighted by molar-refractivity contribution is 7.98. The van der Waals surface area contributed by atoms with Crippen LogP contribution in [-0.4, -0.2) is 26.2 Å². The molecule has 1 N–H and O–H groups in total. The summed E-state index contributed by atoms with van der Waals surface area (Å²) in [6.45, 7) is 2.43. The van der Waals surface area contributed by atoms with Crippen molar-refractivity contribution in [1.82, 2.24) is 19.9 Å². The third kappa shape index (κ3) is 3.54. The molecule has 2 heterocycles. The van der Waals surface area contributed by atoms with Crippen molar-refractivity contribution in [2.24, 2.45) is 0 Å². The minimum absolute atomic E-state index is 0.427. The molecular formula is C11H12ClN5S. The molecule has 0 aliphatic carbocycles. The van der Waals surface area contributed by atoms with Crippen molar-refractivity contribution >= 4 is 29.2 Å². The van der Waals surface area contributed by atoms with E-state index in [0.29, 0.717) is 22.7 Å². The number of aromatic nitrogens is 4. The van der Waals surface area contributed by atoms with Gasteiger partial charge in [-0.05, 0) is 19.2 Å². The molecule has 2 aromatic heterocycles. The van der Waals surface area contributed by atoms with Gasteiger partial charge in [0.1, 0.15) is 16.8 Å². The van der Waals surface area contributed by atoms with Crippen LogP contribution in [0.4, 0.5) is 5.82 Å². The molecule has 2 aromatic rings. The molecule has 0 radical (unpaired) electrons. The molecule has 18 heavy (non-hydrogen) atoms. The van der Waals surface area contributed by atoms with E-state index in [0.717, 1.165) is 11.5 Å². The first-order valence-electron chi connectivity index (χ1n) is 5.28. The van der Waals surface area contributed by atoms with Gasteiger partial charge in [-0.25, -0.2) is 19.9 Å². The van der Waals surface area contributed by atoms with Gasteiger partial charge in [-0.1, -0.05) is 23.4 Å². The summed E-state index contributed by atoms with van der Waals surface area (Å²) in [6.07, 6.45) is 3.64. The summed E-state index contributed by atoms with van der Waals surface area (Å²) in [5.41, 5.74) is 0.905. The molecular weight excluding hydrogens is 270 g/mol. The van der Waals surface area contributed by atoms with E-state index in [4.69, 9.17) is 11.6 Å². The van der Waals surface area contributed by atoms with E-state index in [-0.39, 0.29) is 0 Å². The fourth-order valence-corrected chi connectivity index (χ4v) is 1.98. The van der Waals surface area contributed by atoms with Crippen molar-refractivity contribution in [3.63, 3.8) is 0 Å². The first kappa shape index (κ1) is 13.0. The second kappa shape index (κ2) is 5.97. The summed E-state index contributed by atoms with van der Waals surface area (Å²) in [5.74, 6) is 1.44. The van der Waals surface area contributed by atoms with Crippen LogP contribution >= 0.6 is 23.4 Å². The van der Waals surface area contributed by atoms with Gasteiger partial charge in [0.2, 0.25) is 0 Å². The molecule has 0 aromatic carbocycles. The number of hydrogen-bond donors (Lipinski definition) is 1. The second-order valence-electron chi connectivity index (χ2n) is 3.51. The van der Waals surface area contributed by atoms with E-state index in [9.17, 15) is 0 Å². The number of rotatable bonds is 4. The molecule has 94 valence electrons. The smallest absolute Gasteiger partial charge is 0.190 e. The largest absolute Gasteiger partial charge is 0.364 e. The van der Waals surface area contributed by atoms with Crippen LogP contribution in [0, 0.1) is 6.92 Å². The third-order valence-corrected chi connectivity index (χ3v) is 2.88. The van der Waals surface area contributed by atoms with Gasteiger partial charge >= 0.3 is 0 Å². The summed E-state index contributed by atoms with van der Waals surface area (Å²) in [5, 5.41) is 4.23. The lowest BCUT2D eigenvalue weighted by molar-refractivity contribution is 0.924. The van der Waals surface area contributed by atoms with Gasteiger partial charge in [0.15, 0.2) is 5.16 Å². The fourth-order valence-electron chi connectivity index (χ4n) is 1.36. The molecule has 0 unspecified atom stereocenters. The predicted molar refractivity (Wildman–Crippen MR) is 72.9 cm³/mol. The zero-order valence-electron chi connectivity index (χ0n) is 10.0. The van der Waals surface area contributed by atoms with Crippen LogP contribution in [-0.2, 0) is 6.54 Å². The van der Waals surface area contributed by atoms with Gasteiger partial charge in [-0.3, -0.25) is 0 Å². The van der Waals surface area contributed by atoms with E-state index >= 15 is 0 Å². The fraction of sp³-hybridized carbons (Fsp3) is 0.273. The Morgan fingerprint density at radius 3 is 2.89 bits per heavy atom. The van der Waals surface area contributed by atoms with Crippen molar-refractivity contribution in [3.05, 3.63) is 35.0 Å². The maximum atomic E-state index is 5.91. The number of halogens is 1. The van der Waals surface area contributed by atoms with Crippen LogP contribution in [0.1, 0.15) is 11.5 Å². The van der Waals surface area contributed by atoms with Crippen LogP contribution in [0.25, 0.3) is 0 Å². The third-order valence-electron chi connectivity index (χ3n) is 2.14. The lowest BCUT2D eigenvalue weighted by Crippen LogP contribution is -2.05. The van der Waals surface area contributed by atoms with Gasteiger partial charge in [0.05, 0.1) is 12.2 Å². The Bertz CT molecular complexity index is 549. The van der Waals surface area contributed by atoms with Crippen molar-refractivity contribution in [1.29, 1.82) is 0 Å². The number of nitrogens with zero attached hydrogens (tertiary/aromatic N) is 4. The van der Waals surface area contributed by atoms with Gasteiger partial charge < -0.3 is 5.32 Å². The summed E-state index contributed by atoms with van der Waals surface area (Å²) in [6, 6.07) is 3.55. The normalized spacial score (nSPS) is 10.4. The van der Waals surface area contributed by atoms with Crippen LogP contribution in [0.3, 0.4) is 0 Å². The Kier molecular flexibility index (Phi) is 4.33. The Balaban J connectivity index is 2.08. The van der Waals surface area contributed by atoms with E-state index in [2.05, 4.69) is 25.3 Å². The molecule has 5 nitrogen and oxygen atoms in total. The molecule has 7 heteroatoms. The molecule has 0 atom stereocenters. The lowest BCUT2D eigenvalue weighted by atomic mass is 10.4. The molecule has 0 bridgehead atoms. The van der Waals surface area contributed by atoms with Crippen molar-refractivity contribution in [3.8, 4) is 0 Å². The van der Waals surface area contributed by atoms with Gasteiger partial charge in [0, 0.05) is 12.3 Å². The first-order valence-corrected chi connectivity index (χ1v) is 6.88. The number of hydrogen-bond acceptors (Lipinski definition) is 6. The maximum Gasteiger partial charge on any atom is 0.190 e. The Morgan fingerprint density at radius 2 is 2.17 bits per heavy atom. The monoisotopic (exact) mass is 281 g/mol. The van der Waals surface area contributed by atoms with E-state index in [1.54, 1.807) is 12.3 Å². The molecule has 2 rings (SSSR count). The van der Waals surface area contributed by atoms with E-state index in [1.807, 2.05) is 19.2 Å². The van der Waals surface area contributed by atoms with Crippen LogP contribution < -0.4 is 5.32 Å². The molecule has 0 saturated carbocycles. The molecule has 0 aliphatic heterocycles. The molecule has 0 fully saturated rings. The predicted octanol–water partition coefficient (Wildman–Crippen LogP) is 2.56. The van der Waals surface area contributed by atoms with Crippen molar-refractivity contribution in [2.45, 2.75) is 18.6 Å². The highest BCUT2D eigenvalue weighted by Gasteiger charge is 2.03. The van der Waals surface area contributed by atoms with Crippen LogP contribution in [0.2, 0.25) is 5.15 Å². The van der Waals surface area contributed by atoms with Crippen LogP contribution in [0.15, 0.2) is 23.5 Å². The highest BCUT2D eigenvalue weighted by atomic mass is 35.5. The maximum absolute atomic E-state index is 5.91. The standard InChI is InChI=1S/C11H12ClN5S/c1-7-13-4-3-8(15-7)6-14-10-5-9(12)16-11(17-10)18-2/h3-5H,6H2,1-2H3,(H,14,16,17). The van der Waals surface area contributed by atoms with Gasteiger partial charge in [0.25, 0.3) is 0 Å². The Morgan fingerprint density at radius 1 is 1.33 bits per heavy atom.